The van der Waals surface area contributed by atoms with Gasteiger partial charge in [-0.05, 0) is 16.8 Å². The molecular weight excluding hydrogens is 255 g/mol. The zero-order valence-electron chi connectivity index (χ0n) is 12.1. The highest BCUT2D eigenvalue weighted by atomic mass is 16.1. The third-order valence-corrected chi connectivity index (χ3v) is 3.19. The average Bonchev–Trinajstić information content (AvgIpc) is 2.55. The summed E-state index contributed by atoms with van der Waals surface area (Å²) in [6, 6.07) is 23.4. The van der Waals surface area contributed by atoms with Crippen molar-refractivity contribution >= 4 is 29.9 Å². The van der Waals surface area contributed by atoms with Gasteiger partial charge in [0.15, 0.2) is 5.78 Å². The molecule has 0 atom stereocenters. The van der Waals surface area contributed by atoms with Gasteiger partial charge in [-0.2, -0.15) is 0 Å². The van der Waals surface area contributed by atoms with Crippen LogP contribution in [0.1, 0.15) is 23.7 Å². The van der Waals surface area contributed by atoms with Crippen LogP contribution in [-0.4, -0.2) is 13.6 Å². The highest BCUT2D eigenvalue weighted by molar-refractivity contribution is 6.32. The summed E-state index contributed by atoms with van der Waals surface area (Å²) in [4.78, 5) is 11.5. The number of rotatable bonds is 2. The lowest BCUT2D eigenvalue weighted by Gasteiger charge is -2.00. The van der Waals surface area contributed by atoms with Crippen molar-refractivity contribution in [3.8, 4) is 0 Å². The van der Waals surface area contributed by atoms with E-state index in [2.05, 4.69) is 6.07 Å². The van der Waals surface area contributed by atoms with Crippen molar-refractivity contribution in [1.82, 2.24) is 0 Å². The first-order chi connectivity index (χ1) is 10.2. The Balaban J connectivity index is 0.000000194. The van der Waals surface area contributed by atoms with Gasteiger partial charge in [0.1, 0.15) is 0 Å². The van der Waals surface area contributed by atoms with Crippen molar-refractivity contribution < 1.29 is 4.79 Å². The predicted molar refractivity (Wildman–Crippen MR) is 90.4 cm³/mol. The van der Waals surface area contributed by atoms with Crippen LogP contribution < -0.4 is 5.46 Å². The van der Waals surface area contributed by atoms with Crippen molar-refractivity contribution in [3.63, 3.8) is 0 Å². The van der Waals surface area contributed by atoms with Crippen LogP contribution in [0.4, 0.5) is 0 Å². The van der Waals surface area contributed by atoms with E-state index in [1.165, 1.54) is 5.39 Å². The van der Waals surface area contributed by atoms with Crippen LogP contribution >= 0.6 is 0 Å². The van der Waals surface area contributed by atoms with Crippen LogP contribution in [0.15, 0.2) is 72.8 Å². The molecule has 0 N–H and O–H groups in total. The maximum Gasteiger partial charge on any atom is 0.162 e. The van der Waals surface area contributed by atoms with Crippen molar-refractivity contribution in [2.24, 2.45) is 0 Å². The Hall–Kier alpha value is -2.35. The van der Waals surface area contributed by atoms with Gasteiger partial charge in [0.05, 0.1) is 0 Å². The lowest BCUT2D eigenvalue weighted by molar-refractivity contribution is 0.0988. The standard InChI is InChI=1S/C13H12O.C6H5B/c1-2-13(14)12-8-7-10-5-3-4-6-11(10)9-12;7-6-4-2-1-3-5-6/h3-9H,2H2,1H3;1-5H/q;-1. The van der Waals surface area contributed by atoms with Gasteiger partial charge in [-0.1, -0.05) is 61.5 Å². The minimum atomic E-state index is 0.204. The van der Waals surface area contributed by atoms with E-state index in [0.717, 1.165) is 16.4 Å². The Kier molecular flexibility index (Phi) is 5.33. The fraction of sp³-hybridized carbons (Fsp3) is 0.105. The fourth-order valence-corrected chi connectivity index (χ4v) is 2.02. The molecule has 0 aliphatic heterocycles. The summed E-state index contributed by atoms with van der Waals surface area (Å²) in [5.74, 6) is 0.204. The molecule has 3 rings (SSSR count). The minimum Gasteiger partial charge on any atom is -0.580 e. The van der Waals surface area contributed by atoms with Crippen LogP contribution in [0.2, 0.25) is 0 Å². The zero-order valence-corrected chi connectivity index (χ0v) is 12.1. The van der Waals surface area contributed by atoms with E-state index in [1.54, 1.807) is 0 Å². The molecule has 0 unspecified atom stereocenters. The number of hydrogen-bond acceptors (Lipinski definition) is 1. The molecule has 0 aromatic heterocycles. The summed E-state index contributed by atoms with van der Waals surface area (Å²) in [7, 11) is 5.36. The molecule has 0 saturated carbocycles. The minimum absolute atomic E-state index is 0.204. The Morgan fingerprint density at radius 3 is 2.05 bits per heavy atom. The molecule has 2 heteroatoms. The SMILES string of the molecule is CCC(=O)c1ccc2ccccc2c1.[B-]c1ccccc1. The third kappa shape index (κ3) is 4.32. The molecule has 0 amide bonds. The van der Waals surface area contributed by atoms with Crippen LogP contribution in [0.5, 0.6) is 0 Å². The molecule has 21 heavy (non-hydrogen) atoms. The summed E-state index contributed by atoms with van der Waals surface area (Å²) < 4.78 is 0. The Morgan fingerprint density at radius 2 is 1.48 bits per heavy atom. The number of ketones is 1. The first-order valence-electron chi connectivity index (χ1n) is 7.03. The van der Waals surface area contributed by atoms with Crippen LogP contribution in [0.3, 0.4) is 0 Å². The smallest absolute Gasteiger partial charge is 0.162 e. The molecule has 0 bridgehead atoms. The Bertz CT molecular complexity index is 720. The Labute approximate surface area is 127 Å². The number of carbonyl (C=O) groups excluding carboxylic acids is 1. The first kappa shape index (κ1) is 15.1. The van der Waals surface area contributed by atoms with Crippen LogP contribution in [-0.2, 0) is 0 Å². The summed E-state index contributed by atoms with van der Waals surface area (Å²) >= 11 is 0. The molecular formula is C19H17BO-. The summed E-state index contributed by atoms with van der Waals surface area (Å²) in [5.41, 5.74) is 1.63. The van der Waals surface area contributed by atoms with Crippen LogP contribution in [0, 0.1) is 0 Å². The highest BCUT2D eigenvalue weighted by Gasteiger charge is 2.02. The van der Waals surface area contributed by atoms with E-state index in [1.807, 2.05) is 73.7 Å². The molecule has 0 saturated heterocycles. The lowest BCUT2D eigenvalue weighted by Crippen LogP contribution is -1.97. The normalized spacial score (nSPS) is 9.81. The van der Waals surface area contributed by atoms with E-state index in [9.17, 15) is 4.79 Å². The molecule has 3 radical (unpaired) electrons. The van der Waals surface area contributed by atoms with Crippen LogP contribution in [0.25, 0.3) is 10.8 Å². The van der Waals surface area contributed by atoms with E-state index in [-0.39, 0.29) is 5.78 Å². The molecule has 103 valence electrons. The van der Waals surface area contributed by atoms with Gasteiger partial charge in [-0.3, -0.25) is 4.79 Å². The second kappa shape index (κ2) is 7.44. The second-order valence-electron chi connectivity index (χ2n) is 4.75. The molecule has 0 fully saturated rings. The summed E-state index contributed by atoms with van der Waals surface area (Å²) in [5, 5.41) is 2.31. The van der Waals surface area contributed by atoms with E-state index in [4.69, 9.17) is 7.85 Å². The largest absolute Gasteiger partial charge is 0.580 e. The molecule has 0 spiro atoms. The Morgan fingerprint density at radius 1 is 0.857 bits per heavy atom. The maximum atomic E-state index is 11.5. The molecule has 0 aliphatic carbocycles. The quantitative estimate of drug-likeness (QED) is 0.510. The lowest BCUT2D eigenvalue weighted by atomic mass is 9.97. The topological polar surface area (TPSA) is 17.1 Å². The number of Topliss-reactive ketones (excluding diaryl/α,β-unsaturated/α-hetero) is 1. The number of fused-ring (bicyclic) bond motifs is 1. The number of carbonyl (C=O) groups is 1. The first-order valence-corrected chi connectivity index (χ1v) is 7.03. The molecule has 0 aliphatic rings. The zero-order chi connectivity index (χ0) is 15.1. The molecule has 3 aromatic rings. The van der Waals surface area contributed by atoms with Gasteiger partial charge in [-0.15, -0.1) is 12.1 Å². The second-order valence-corrected chi connectivity index (χ2v) is 4.75. The monoisotopic (exact) mass is 272 g/mol. The van der Waals surface area contributed by atoms with Gasteiger partial charge in [-0.25, -0.2) is 0 Å². The predicted octanol–water partition coefficient (Wildman–Crippen LogP) is 3.91. The van der Waals surface area contributed by atoms with E-state index >= 15 is 0 Å². The van der Waals surface area contributed by atoms with Crippen molar-refractivity contribution in [2.75, 3.05) is 0 Å². The molecule has 3 aromatic carbocycles. The number of benzene rings is 3. The maximum absolute atomic E-state index is 11.5. The summed E-state index contributed by atoms with van der Waals surface area (Å²) in [6.45, 7) is 1.89. The fourth-order valence-electron chi connectivity index (χ4n) is 2.02. The average molecular weight is 272 g/mol. The third-order valence-electron chi connectivity index (χ3n) is 3.19. The van der Waals surface area contributed by atoms with Crippen molar-refractivity contribution in [2.45, 2.75) is 13.3 Å². The van der Waals surface area contributed by atoms with Gasteiger partial charge in [0.2, 0.25) is 0 Å². The summed E-state index contributed by atoms with van der Waals surface area (Å²) in [6.07, 6.45) is 0.568. The van der Waals surface area contributed by atoms with Crippen molar-refractivity contribution in [1.29, 1.82) is 0 Å². The van der Waals surface area contributed by atoms with E-state index in [0.29, 0.717) is 6.42 Å². The van der Waals surface area contributed by atoms with Gasteiger partial charge in [0.25, 0.3) is 0 Å². The van der Waals surface area contributed by atoms with Gasteiger partial charge < -0.3 is 13.3 Å². The molecule has 1 nitrogen and oxygen atoms in total. The number of hydrogen-bond donors (Lipinski definition) is 0. The highest BCUT2D eigenvalue weighted by Crippen LogP contribution is 2.16. The molecule has 0 heterocycles. The van der Waals surface area contributed by atoms with E-state index < -0.39 is 0 Å². The van der Waals surface area contributed by atoms with Gasteiger partial charge >= 0.3 is 0 Å². The van der Waals surface area contributed by atoms with Crippen molar-refractivity contribution in [3.05, 3.63) is 78.4 Å². The van der Waals surface area contributed by atoms with Gasteiger partial charge in [0, 0.05) is 12.0 Å².